The minimum Gasteiger partial charge on any atom is -0.497 e. The summed E-state index contributed by atoms with van der Waals surface area (Å²) in [4.78, 5) is 12.1. The summed E-state index contributed by atoms with van der Waals surface area (Å²) in [5.41, 5.74) is 0.244. The molecule has 1 aromatic carbocycles. The van der Waals surface area contributed by atoms with Gasteiger partial charge in [-0.25, -0.2) is 9.78 Å². The normalized spacial score (nSPS) is 48.2. The molecule has 5 aliphatic rings. The molecule has 6 rings (SSSR count). The van der Waals surface area contributed by atoms with Crippen LogP contribution in [0.3, 0.4) is 0 Å². The third-order valence-electron chi connectivity index (χ3n) is 8.27. The second-order valence-corrected chi connectivity index (χ2v) is 9.65. The van der Waals surface area contributed by atoms with E-state index in [1.165, 1.54) is 0 Å². The second-order valence-electron chi connectivity index (χ2n) is 9.65. The second kappa shape index (κ2) is 6.92. The van der Waals surface area contributed by atoms with E-state index in [0.29, 0.717) is 12.5 Å². The van der Waals surface area contributed by atoms with Gasteiger partial charge < -0.3 is 19.3 Å². The third-order valence-corrected chi connectivity index (χ3v) is 8.27. The van der Waals surface area contributed by atoms with Gasteiger partial charge in [-0.15, -0.1) is 0 Å². The van der Waals surface area contributed by atoms with Gasteiger partial charge in [0.15, 0.2) is 6.29 Å². The van der Waals surface area contributed by atoms with Gasteiger partial charge in [-0.1, -0.05) is 26.0 Å². The third kappa shape index (κ3) is 2.87. The molecular weight excluding hydrogens is 372 g/mol. The Morgan fingerprint density at radius 3 is 2.55 bits per heavy atom. The number of aliphatic hydroxyl groups is 1. The van der Waals surface area contributed by atoms with Crippen molar-refractivity contribution < 1.29 is 29.1 Å². The van der Waals surface area contributed by atoms with E-state index < -0.39 is 11.9 Å². The Morgan fingerprint density at radius 2 is 1.90 bits per heavy atom. The summed E-state index contributed by atoms with van der Waals surface area (Å²) >= 11 is 0. The highest BCUT2D eigenvalue weighted by molar-refractivity contribution is 5.26. The number of aliphatic hydroxyl groups excluding tert-OH is 1. The molecule has 1 aromatic rings. The lowest BCUT2D eigenvalue weighted by atomic mass is 9.74. The minimum atomic E-state index is -0.807. The summed E-state index contributed by atoms with van der Waals surface area (Å²) < 4.78 is 17.8. The first-order valence-corrected chi connectivity index (χ1v) is 10.8. The van der Waals surface area contributed by atoms with E-state index in [-0.39, 0.29) is 35.6 Å². The number of hydrogen-bond acceptors (Lipinski definition) is 6. The fourth-order valence-corrected chi connectivity index (χ4v) is 6.26. The van der Waals surface area contributed by atoms with Crippen molar-refractivity contribution in [2.75, 3.05) is 7.11 Å². The number of benzene rings is 1. The van der Waals surface area contributed by atoms with Crippen molar-refractivity contribution in [3.05, 3.63) is 29.8 Å². The maximum absolute atomic E-state index is 10.5. The SMILES string of the molecule is COc1ccc(CO[C@H]2C[C@H]3[C@@H]([C@H]2C)[C@H]2OC(O)[C@H](C)[C@@]24CC[C@]3(C)OO4)cc1. The molecule has 0 aromatic heterocycles. The van der Waals surface area contributed by atoms with E-state index >= 15 is 0 Å². The van der Waals surface area contributed by atoms with E-state index in [0.717, 1.165) is 30.6 Å². The number of ether oxygens (including phenoxy) is 3. The molecule has 1 unspecified atom stereocenters. The van der Waals surface area contributed by atoms with Crippen LogP contribution in [0, 0.1) is 23.7 Å². The molecule has 0 amide bonds. The van der Waals surface area contributed by atoms with Crippen molar-refractivity contribution in [1.82, 2.24) is 0 Å². The molecule has 2 aliphatic carbocycles. The van der Waals surface area contributed by atoms with Gasteiger partial charge in [-0.3, -0.25) is 0 Å². The lowest BCUT2D eigenvalue weighted by molar-refractivity contribution is -0.444. The first-order chi connectivity index (χ1) is 13.9. The standard InChI is InChI=1S/C23H32O6/c1-13-18(26-12-15-5-7-16(25-4)8-6-15)11-17-19(13)20-23(14(2)21(24)27-20)10-9-22(17,3)28-29-23/h5-8,13-14,17-21,24H,9-12H2,1-4H3/t13-,14-,17-,18-,19+,20+,21?,22-,23-/m0/s1. The van der Waals surface area contributed by atoms with Crippen molar-refractivity contribution in [2.45, 2.75) is 76.3 Å². The summed E-state index contributed by atoms with van der Waals surface area (Å²) in [5, 5.41) is 10.5. The Hall–Kier alpha value is -1.18. The van der Waals surface area contributed by atoms with Crippen molar-refractivity contribution in [2.24, 2.45) is 23.7 Å². The number of rotatable bonds is 4. The zero-order valence-electron chi connectivity index (χ0n) is 17.7. The first-order valence-electron chi connectivity index (χ1n) is 10.8. The van der Waals surface area contributed by atoms with Gasteiger partial charge >= 0.3 is 0 Å². The monoisotopic (exact) mass is 404 g/mol. The molecule has 2 bridgehead atoms. The van der Waals surface area contributed by atoms with Gasteiger partial charge in [0, 0.05) is 5.92 Å². The van der Waals surface area contributed by atoms with Gasteiger partial charge in [0.1, 0.15) is 17.0 Å². The highest BCUT2D eigenvalue weighted by atomic mass is 17.2. The molecule has 29 heavy (non-hydrogen) atoms. The quantitative estimate of drug-likeness (QED) is 0.776. The van der Waals surface area contributed by atoms with E-state index in [1.807, 2.05) is 31.2 Å². The molecule has 3 aliphatic heterocycles. The summed E-state index contributed by atoms with van der Waals surface area (Å²) in [7, 11) is 1.67. The lowest BCUT2D eigenvalue weighted by Gasteiger charge is -2.43. The predicted molar refractivity (Wildman–Crippen MR) is 105 cm³/mol. The summed E-state index contributed by atoms with van der Waals surface area (Å²) in [6.07, 6.45) is 1.86. The maximum atomic E-state index is 10.5. The molecule has 3 saturated heterocycles. The lowest BCUT2D eigenvalue weighted by Crippen LogP contribution is -2.51. The fraction of sp³-hybridized carbons (Fsp3) is 0.739. The zero-order chi connectivity index (χ0) is 20.4. The summed E-state index contributed by atoms with van der Waals surface area (Å²) in [6, 6.07) is 8.02. The molecule has 6 nitrogen and oxygen atoms in total. The minimum absolute atomic E-state index is 0.109. The summed E-state index contributed by atoms with van der Waals surface area (Å²) in [6.45, 7) is 7.00. The average Bonchev–Trinajstić information content (AvgIpc) is 3.12. The van der Waals surface area contributed by atoms with Crippen LogP contribution in [0.25, 0.3) is 0 Å². The van der Waals surface area contributed by atoms with E-state index in [2.05, 4.69) is 13.8 Å². The van der Waals surface area contributed by atoms with Crippen LogP contribution in [0.4, 0.5) is 0 Å². The predicted octanol–water partition coefficient (Wildman–Crippen LogP) is 3.46. The number of methoxy groups -OCH3 is 1. The Balaban J connectivity index is 1.37. The Kier molecular flexibility index (Phi) is 4.72. The molecule has 9 atom stereocenters. The van der Waals surface area contributed by atoms with Gasteiger partial charge in [0.2, 0.25) is 0 Å². The van der Waals surface area contributed by atoms with Crippen LogP contribution in [0.1, 0.15) is 45.6 Å². The van der Waals surface area contributed by atoms with Gasteiger partial charge in [0.25, 0.3) is 0 Å². The molecule has 160 valence electrons. The molecule has 1 spiro atoms. The average molecular weight is 405 g/mol. The molecule has 5 fully saturated rings. The van der Waals surface area contributed by atoms with Crippen molar-refractivity contribution >= 4 is 0 Å². The zero-order valence-corrected chi connectivity index (χ0v) is 17.7. The molecule has 2 saturated carbocycles. The van der Waals surface area contributed by atoms with Gasteiger partial charge in [-0.05, 0) is 61.6 Å². The molecule has 1 N–H and O–H groups in total. The molecule has 6 heteroatoms. The highest BCUT2D eigenvalue weighted by Crippen LogP contribution is 2.62. The fourth-order valence-electron chi connectivity index (χ4n) is 6.26. The Bertz CT molecular complexity index is 740. The topological polar surface area (TPSA) is 66.4 Å². The first kappa shape index (κ1) is 19.8. The molecule has 3 heterocycles. The van der Waals surface area contributed by atoms with Crippen LogP contribution in [0.5, 0.6) is 5.75 Å². The van der Waals surface area contributed by atoms with Crippen LogP contribution >= 0.6 is 0 Å². The van der Waals surface area contributed by atoms with Crippen molar-refractivity contribution in [3.8, 4) is 5.75 Å². The van der Waals surface area contributed by atoms with Crippen molar-refractivity contribution in [1.29, 1.82) is 0 Å². The van der Waals surface area contributed by atoms with E-state index in [1.54, 1.807) is 7.11 Å². The van der Waals surface area contributed by atoms with Crippen LogP contribution in [0.15, 0.2) is 24.3 Å². The maximum Gasteiger partial charge on any atom is 0.160 e. The van der Waals surface area contributed by atoms with Gasteiger partial charge in [-0.2, -0.15) is 0 Å². The van der Waals surface area contributed by atoms with Gasteiger partial charge in [0.05, 0.1) is 25.9 Å². The van der Waals surface area contributed by atoms with Crippen LogP contribution in [-0.4, -0.2) is 41.9 Å². The van der Waals surface area contributed by atoms with E-state index in [4.69, 9.17) is 24.0 Å². The smallest absolute Gasteiger partial charge is 0.160 e. The Morgan fingerprint density at radius 1 is 1.14 bits per heavy atom. The summed E-state index contributed by atoms with van der Waals surface area (Å²) in [5.74, 6) is 1.56. The number of hydrogen-bond donors (Lipinski definition) is 1. The van der Waals surface area contributed by atoms with E-state index in [9.17, 15) is 5.11 Å². The number of fused-ring (bicyclic) bond motifs is 2. The van der Waals surface area contributed by atoms with Crippen LogP contribution < -0.4 is 4.74 Å². The van der Waals surface area contributed by atoms with Crippen molar-refractivity contribution in [3.63, 3.8) is 0 Å². The largest absolute Gasteiger partial charge is 0.497 e. The molecule has 0 radical (unpaired) electrons. The van der Waals surface area contributed by atoms with Crippen LogP contribution in [0.2, 0.25) is 0 Å². The highest BCUT2D eigenvalue weighted by Gasteiger charge is 2.70. The Labute approximate surface area is 172 Å². The van der Waals surface area contributed by atoms with Crippen LogP contribution in [-0.2, 0) is 25.9 Å². The molecular formula is C23H32O6.